The van der Waals surface area contributed by atoms with Crippen molar-refractivity contribution >= 4 is 46.2 Å². The van der Waals surface area contributed by atoms with Crippen LogP contribution in [0.15, 0.2) is 24.4 Å². The van der Waals surface area contributed by atoms with Gasteiger partial charge in [0.05, 0.1) is 21.9 Å². The SMILES string of the molecule is Cc1c(CNC(=S)Nc2cccc(Cl)c2Cl)cnn1C. The quantitative estimate of drug-likeness (QED) is 0.846. The molecule has 0 aliphatic heterocycles. The maximum Gasteiger partial charge on any atom is 0.171 e. The molecule has 2 N–H and O–H groups in total. The summed E-state index contributed by atoms with van der Waals surface area (Å²) in [6.07, 6.45) is 1.82. The summed E-state index contributed by atoms with van der Waals surface area (Å²) in [6.45, 7) is 2.61. The Balaban J connectivity index is 1.96. The number of benzene rings is 1. The van der Waals surface area contributed by atoms with E-state index >= 15 is 0 Å². The van der Waals surface area contributed by atoms with Crippen molar-refractivity contribution in [3.8, 4) is 0 Å². The van der Waals surface area contributed by atoms with Crippen LogP contribution < -0.4 is 10.6 Å². The Bertz CT molecular complexity index is 639. The first-order valence-corrected chi connectivity index (χ1v) is 7.12. The highest BCUT2D eigenvalue weighted by molar-refractivity contribution is 7.80. The lowest BCUT2D eigenvalue weighted by atomic mass is 10.2. The topological polar surface area (TPSA) is 41.9 Å². The number of halogens is 2. The number of rotatable bonds is 3. The number of aryl methyl sites for hydroxylation is 1. The molecule has 0 bridgehead atoms. The van der Waals surface area contributed by atoms with Crippen LogP contribution >= 0.6 is 35.4 Å². The van der Waals surface area contributed by atoms with Gasteiger partial charge in [-0.2, -0.15) is 5.10 Å². The van der Waals surface area contributed by atoms with Crippen molar-refractivity contribution in [1.82, 2.24) is 15.1 Å². The van der Waals surface area contributed by atoms with Crippen LogP contribution in [0.3, 0.4) is 0 Å². The Labute approximate surface area is 133 Å². The average molecular weight is 329 g/mol. The molecule has 0 radical (unpaired) electrons. The molecule has 0 amide bonds. The van der Waals surface area contributed by atoms with E-state index in [4.69, 9.17) is 35.4 Å². The molecule has 20 heavy (non-hydrogen) atoms. The predicted octanol–water partition coefficient (Wildman–Crippen LogP) is 3.52. The van der Waals surface area contributed by atoms with E-state index in [1.807, 2.05) is 37.0 Å². The van der Waals surface area contributed by atoms with Gasteiger partial charge >= 0.3 is 0 Å². The summed E-state index contributed by atoms with van der Waals surface area (Å²) in [6, 6.07) is 5.35. The molecule has 2 rings (SSSR count). The van der Waals surface area contributed by atoms with Gasteiger partial charge in [-0.1, -0.05) is 29.3 Å². The van der Waals surface area contributed by atoms with Crippen LogP contribution in [0.5, 0.6) is 0 Å². The summed E-state index contributed by atoms with van der Waals surface area (Å²) in [5.41, 5.74) is 2.87. The zero-order valence-electron chi connectivity index (χ0n) is 11.1. The van der Waals surface area contributed by atoms with Crippen LogP contribution in [-0.4, -0.2) is 14.9 Å². The van der Waals surface area contributed by atoms with Crippen LogP contribution in [0.1, 0.15) is 11.3 Å². The van der Waals surface area contributed by atoms with E-state index in [1.165, 1.54) is 0 Å². The fraction of sp³-hybridized carbons (Fsp3) is 0.231. The number of anilines is 1. The van der Waals surface area contributed by atoms with Crippen LogP contribution in [0.25, 0.3) is 0 Å². The van der Waals surface area contributed by atoms with E-state index in [9.17, 15) is 0 Å². The van der Waals surface area contributed by atoms with Crippen molar-refractivity contribution in [3.05, 3.63) is 45.7 Å². The minimum atomic E-state index is 0.455. The summed E-state index contributed by atoms with van der Waals surface area (Å²) < 4.78 is 1.82. The molecule has 1 aromatic heterocycles. The van der Waals surface area contributed by atoms with E-state index in [2.05, 4.69) is 15.7 Å². The molecule has 0 atom stereocenters. The minimum Gasteiger partial charge on any atom is -0.358 e. The first-order valence-electron chi connectivity index (χ1n) is 5.95. The maximum atomic E-state index is 6.09. The number of thiocarbonyl (C=S) groups is 1. The zero-order valence-corrected chi connectivity index (χ0v) is 13.4. The van der Waals surface area contributed by atoms with Crippen molar-refractivity contribution in [2.45, 2.75) is 13.5 Å². The normalized spacial score (nSPS) is 10.4. The Morgan fingerprint density at radius 2 is 2.15 bits per heavy atom. The molecule has 0 spiro atoms. The van der Waals surface area contributed by atoms with Crippen LogP contribution in [0.2, 0.25) is 10.0 Å². The van der Waals surface area contributed by atoms with Crippen molar-refractivity contribution in [2.24, 2.45) is 7.05 Å². The fourth-order valence-electron chi connectivity index (χ4n) is 1.66. The number of nitrogens with zero attached hydrogens (tertiary/aromatic N) is 2. The highest BCUT2D eigenvalue weighted by Crippen LogP contribution is 2.29. The Kier molecular flexibility index (Phi) is 4.86. The molecule has 2 aromatic rings. The Morgan fingerprint density at radius 1 is 1.40 bits per heavy atom. The van der Waals surface area contributed by atoms with Crippen LogP contribution in [-0.2, 0) is 13.6 Å². The molecule has 0 saturated heterocycles. The lowest BCUT2D eigenvalue weighted by Gasteiger charge is -2.12. The molecular formula is C13H14Cl2N4S. The number of nitrogens with one attached hydrogen (secondary N) is 2. The third kappa shape index (κ3) is 3.42. The number of hydrogen-bond acceptors (Lipinski definition) is 2. The van der Waals surface area contributed by atoms with Gasteiger partial charge in [-0.25, -0.2) is 0 Å². The van der Waals surface area contributed by atoms with E-state index in [0.29, 0.717) is 27.4 Å². The fourth-order valence-corrected chi connectivity index (χ4v) is 2.19. The second-order valence-electron chi connectivity index (χ2n) is 4.29. The van der Waals surface area contributed by atoms with Gasteiger partial charge in [-0.05, 0) is 31.3 Å². The second-order valence-corrected chi connectivity index (χ2v) is 5.48. The largest absolute Gasteiger partial charge is 0.358 e. The molecular weight excluding hydrogens is 315 g/mol. The van der Waals surface area contributed by atoms with Gasteiger partial charge in [0.25, 0.3) is 0 Å². The molecule has 0 unspecified atom stereocenters. The van der Waals surface area contributed by atoms with Gasteiger partial charge in [0, 0.05) is 24.8 Å². The van der Waals surface area contributed by atoms with Gasteiger partial charge in [0.1, 0.15) is 0 Å². The molecule has 0 fully saturated rings. The van der Waals surface area contributed by atoms with Crippen LogP contribution in [0.4, 0.5) is 5.69 Å². The molecule has 106 valence electrons. The highest BCUT2D eigenvalue weighted by Gasteiger charge is 2.07. The van der Waals surface area contributed by atoms with E-state index < -0.39 is 0 Å². The maximum absolute atomic E-state index is 6.09. The van der Waals surface area contributed by atoms with Crippen LogP contribution in [0, 0.1) is 6.92 Å². The lowest BCUT2D eigenvalue weighted by molar-refractivity contribution is 0.736. The summed E-state index contributed by atoms with van der Waals surface area (Å²) in [5, 5.41) is 11.7. The molecule has 1 aromatic carbocycles. The Hall–Kier alpha value is -1.30. The van der Waals surface area contributed by atoms with Gasteiger partial charge in [-0.15, -0.1) is 0 Å². The van der Waals surface area contributed by atoms with E-state index in [-0.39, 0.29) is 0 Å². The smallest absolute Gasteiger partial charge is 0.171 e. The summed E-state index contributed by atoms with van der Waals surface area (Å²) in [5.74, 6) is 0. The first kappa shape index (κ1) is 15.1. The molecule has 0 aliphatic carbocycles. The van der Waals surface area contributed by atoms with Crippen molar-refractivity contribution in [2.75, 3.05) is 5.32 Å². The molecule has 0 saturated carbocycles. The lowest BCUT2D eigenvalue weighted by Crippen LogP contribution is -2.28. The summed E-state index contributed by atoms with van der Waals surface area (Å²) in [7, 11) is 1.90. The Morgan fingerprint density at radius 3 is 2.80 bits per heavy atom. The van der Waals surface area contributed by atoms with Crippen molar-refractivity contribution < 1.29 is 0 Å². The zero-order chi connectivity index (χ0) is 14.7. The van der Waals surface area contributed by atoms with Gasteiger partial charge in [0.2, 0.25) is 0 Å². The highest BCUT2D eigenvalue weighted by atomic mass is 35.5. The molecule has 1 heterocycles. The molecule has 7 heteroatoms. The van der Waals surface area contributed by atoms with E-state index in [0.717, 1.165) is 11.3 Å². The summed E-state index contributed by atoms with van der Waals surface area (Å²) in [4.78, 5) is 0. The standard InChI is InChI=1S/C13H14Cl2N4S/c1-8-9(7-17-19(8)2)6-16-13(20)18-11-5-3-4-10(14)12(11)15/h3-5,7H,6H2,1-2H3,(H2,16,18,20). The van der Waals surface area contributed by atoms with Gasteiger partial charge in [-0.3, -0.25) is 4.68 Å². The third-order valence-corrected chi connectivity index (χ3v) is 4.04. The van der Waals surface area contributed by atoms with Gasteiger partial charge < -0.3 is 10.6 Å². The average Bonchev–Trinajstić information content (AvgIpc) is 2.73. The molecule has 0 aliphatic rings. The second kappa shape index (κ2) is 6.43. The van der Waals surface area contributed by atoms with Crippen molar-refractivity contribution in [1.29, 1.82) is 0 Å². The first-order chi connectivity index (χ1) is 9.49. The van der Waals surface area contributed by atoms with Gasteiger partial charge in [0.15, 0.2) is 5.11 Å². The monoisotopic (exact) mass is 328 g/mol. The molecule has 4 nitrogen and oxygen atoms in total. The summed E-state index contributed by atoms with van der Waals surface area (Å²) >= 11 is 17.3. The third-order valence-electron chi connectivity index (χ3n) is 2.98. The predicted molar refractivity (Wildman–Crippen MR) is 87.5 cm³/mol. The number of hydrogen-bond donors (Lipinski definition) is 2. The van der Waals surface area contributed by atoms with E-state index in [1.54, 1.807) is 6.07 Å². The minimum absolute atomic E-state index is 0.455. The van der Waals surface area contributed by atoms with Crippen molar-refractivity contribution in [3.63, 3.8) is 0 Å². The number of aromatic nitrogens is 2.